The molecule has 1 amide bonds. The Balaban J connectivity index is 1.50. The second kappa shape index (κ2) is 7.24. The van der Waals surface area contributed by atoms with E-state index >= 15 is 0 Å². The van der Waals surface area contributed by atoms with E-state index in [1.54, 1.807) is 10.9 Å². The Morgan fingerprint density at radius 1 is 1.26 bits per heavy atom. The maximum atomic E-state index is 13.2. The molecule has 7 heteroatoms. The normalized spacial score (nSPS) is 23.3. The number of amides is 1. The number of likely N-dealkylation sites (tertiary alicyclic amines) is 1. The van der Waals surface area contributed by atoms with Crippen molar-refractivity contribution >= 4 is 17.5 Å². The molecule has 4 heterocycles. The van der Waals surface area contributed by atoms with E-state index in [-0.39, 0.29) is 18.1 Å². The molecule has 144 valence electrons. The number of nitrogens with zero attached hydrogens (tertiary/aromatic N) is 4. The summed E-state index contributed by atoms with van der Waals surface area (Å²) in [5.41, 5.74) is 3.73. The van der Waals surface area contributed by atoms with Gasteiger partial charge in [0.15, 0.2) is 0 Å². The predicted octanol–water partition coefficient (Wildman–Crippen LogP) is 3.51. The van der Waals surface area contributed by atoms with Crippen molar-refractivity contribution in [3.8, 4) is 0 Å². The Bertz CT molecular complexity index is 840. The average Bonchev–Trinajstić information content (AvgIpc) is 2.98. The summed E-state index contributed by atoms with van der Waals surface area (Å²) in [7, 11) is 1.85. The number of aryl methyl sites for hydroxylation is 1. The maximum absolute atomic E-state index is 13.2. The number of carbonyl (C=O) groups excluding carboxylic acids is 1. The molecule has 0 unspecified atom stereocenters. The number of fused-ring (bicyclic) bond motifs is 1. The third-order valence-electron chi connectivity index (χ3n) is 5.64. The summed E-state index contributed by atoms with van der Waals surface area (Å²) < 4.78 is 7.59. The number of carbonyl (C=O) groups is 1. The molecule has 0 bridgehead atoms. The summed E-state index contributed by atoms with van der Waals surface area (Å²) >= 11 is 5.93. The van der Waals surface area contributed by atoms with Crippen LogP contribution in [0.1, 0.15) is 66.2 Å². The number of pyridine rings is 1. The van der Waals surface area contributed by atoms with Crippen LogP contribution in [0.4, 0.5) is 0 Å². The molecule has 0 aliphatic carbocycles. The predicted molar refractivity (Wildman–Crippen MR) is 103 cm³/mol. The average molecular weight is 389 g/mol. The van der Waals surface area contributed by atoms with Gasteiger partial charge in [0.2, 0.25) is 0 Å². The van der Waals surface area contributed by atoms with Crippen LogP contribution in [0.2, 0.25) is 5.02 Å². The molecule has 2 aromatic rings. The maximum Gasteiger partial charge on any atom is 0.272 e. The van der Waals surface area contributed by atoms with Crippen molar-refractivity contribution in [2.24, 2.45) is 7.05 Å². The standard InChI is InChI=1S/C20H25ClN4O2/c1-12-10-16-18(13(2)27-12)23-24(3)19(16)20(26)25-8-6-14(7-9-25)17-5-4-15(21)11-22-17/h4-5,11-14H,6-10H2,1-3H3/t12-,13+/m1/s1. The third kappa shape index (κ3) is 3.48. The number of piperidine rings is 1. The van der Waals surface area contributed by atoms with Crippen molar-refractivity contribution in [3.63, 3.8) is 0 Å². The largest absolute Gasteiger partial charge is 0.369 e. The molecule has 0 radical (unpaired) electrons. The smallest absolute Gasteiger partial charge is 0.272 e. The van der Waals surface area contributed by atoms with E-state index in [0.29, 0.717) is 10.9 Å². The summed E-state index contributed by atoms with van der Waals surface area (Å²) in [6.45, 7) is 5.51. The van der Waals surface area contributed by atoms with Gasteiger partial charge >= 0.3 is 0 Å². The van der Waals surface area contributed by atoms with Crippen molar-refractivity contribution in [1.82, 2.24) is 19.7 Å². The fraction of sp³-hybridized carbons (Fsp3) is 0.550. The van der Waals surface area contributed by atoms with Gasteiger partial charge in [-0.2, -0.15) is 5.10 Å². The molecule has 0 saturated carbocycles. The lowest BCUT2D eigenvalue weighted by atomic mass is 9.92. The summed E-state index contributed by atoms with van der Waals surface area (Å²) in [5, 5.41) is 5.23. The first kappa shape index (κ1) is 18.4. The van der Waals surface area contributed by atoms with Crippen LogP contribution >= 0.6 is 11.6 Å². The van der Waals surface area contributed by atoms with Crippen molar-refractivity contribution in [2.75, 3.05) is 13.1 Å². The minimum atomic E-state index is -0.0711. The van der Waals surface area contributed by atoms with Gasteiger partial charge in [-0.05, 0) is 38.8 Å². The number of halogens is 1. The molecule has 6 nitrogen and oxygen atoms in total. The Kier molecular flexibility index (Phi) is 4.95. The molecule has 1 fully saturated rings. The summed E-state index contributed by atoms with van der Waals surface area (Å²) in [5.74, 6) is 0.454. The van der Waals surface area contributed by atoms with Crippen LogP contribution in [0.25, 0.3) is 0 Å². The van der Waals surface area contributed by atoms with E-state index in [4.69, 9.17) is 16.3 Å². The number of rotatable bonds is 2. The van der Waals surface area contributed by atoms with Crippen LogP contribution in [0, 0.1) is 0 Å². The molecular weight excluding hydrogens is 364 g/mol. The van der Waals surface area contributed by atoms with Gasteiger partial charge in [-0.3, -0.25) is 14.5 Å². The quantitative estimate of drug-likeness (QED) is 0.789. The van der Waals surface area contributed by atoms with Crippen LogP contribution < -0.4 is 0 Å². The summed E-state index contributed by atoms with van der Waals surface area (Å²) in [4.78, 5) is 19.6. The van der Waals surface area contributed by atoms with Crippen molar-refractivity contribution in [3.05, 3.63) is 46.0 Å². The lowest BCUT2D eigenvalue weighted by molar-refractivity contribution is -0.00714. The van der Waals surface area contributed by atoms with Crippen LogP contribution in [0.5, 0.6) is 0 Å². The monoisotopic (exact) mass is 388 g/mol. The highest BCUT2D eigenvalue weighted by molar-refractivity contribution is 6.30. The first-order chi connectivity index (χ1) is 12.9. The number of aromatic nitrogens is 3. The molecule has 2 aliphatic rings. The van der Waals surface area contributed by atoms with E-state index in [9.17, 15) is 4.79 Å². The van der Waals surface area contributed by atoms with Gasteiger partial charge in [0.1, 0.15) is 5.69 Å². The first-order valence-electron chi connectivity index (χ1n) is 9.56. The topological polar surface area (TPSA) is 60.2 Å². The minimum Gasteiger partial charge on any atom is -0.369 e. The van der Waals surface area contributed by atoms with E-state index in [1.807, 2.05) is 37.9 Å². The second-order valence-corrected chi connectivity index (χ2v) is 8.03. The molecule has 2 aromatic heterocycles. The van der Waals surface area contributed by atoms with Gasteiger partial charge in [0, 0.05) is 49.9 Å². The Morgan fingerprint density at radius 3 is 2.67 bits per heavy atom. The van der Waals surface area contributed by atoms with E-state index in [0.717, 1.165) is 55.0 Å². The van der Waals surface area contributed by atoms with Crippen LogP contribution in [-0.4, -0.2) is 44.8 Å². The van der Waals surface area contributed by atoms with Crippen molar-refractivity contribution < 1.29 is 9.53 Å². The zero-order valence-electron chi connectivity index (χ0n) is 16.0. The van der Waals surface area contributed by atoms with Gasteiger partial charge in [-0.15, -0.1) is 0 Å². The Labute approximate surface area is 164 Å². The minimum absolute atomic E-state index is 0.0711. The van der Waals surface area contributed by atoms with Crippen LogP contribution in [0.3, 0.4) is 0 Å². The summed E-state index contributed by atoms with van der Waals surface area (Å²) in [6.07, 6.45) is 4.29. The molecular formula is C20H25ClN4O2. The molecule has 1 saturated heterocycles. The first-order valence-corrected chi connectivity index (χ1v) is 9.93. The number of hydrogen-bond acceptors (Lipinski definition) is 4. The highest BCUT2D eigenvalue weighted by Gasteiger charge is 2.34. The molecule has 27 heavy (non-hydrogen) atoms. The molecule has 0 N–H and O–H groups in total. The zero-order chi connectivity index (χ0) is 19.1. The van der Waals surface area contributed by atoms with Gasteiger partial charge in [0.05, 0.1) is 22.9 Å². The fourth-order valence-electron chi connectivity index (χ4n) is 4.29. The highest BCUT2D eigenvalue weighted by atomic mass is 35.5. The summed E-state index contributed by atoms with van der Waals surface area (Å²) in [6, 6.07) is 3.87. The Morgan fingerprint density at radius 2 is 2.00 bits per heavy atom. The van der Waals surface area contributed by atoms with E-state index in [1.165, 1.54) is 0 Å². The highest BCUT2D eigenvalue weighted by Crippen LogP contribution is 2.33. The van der Waals surface area contributed by atoms with Gasteiger partial charge in [-0.1, -0.05) is 11.6 Å². The molecule has 2 aliphatic heterocycles. The molecule has 4 rings (SSSR count). The zero-order valence-corrected chi connectivity index (χ0v) is 16.7. The molecule has 0 aromatic carbocycles. The van der Waals surface area contributed by atoms with Crippen molar-refractivity contribution in [2.45, 2.75) is 51.2 Å². The lowest BCUT2D eigenvalue weighted by Gasteiger charge is -2.32. The molecule has 0 spiro atoms. The van der Waals surface area contributed by atoms with Crippen LogP contribution in [-0.2, 0) is 18.2 Å². The number of ether oxygens (including phenoxy) is 1. The lowest BCUT2D eigenvalue weighted by Crippen LogP contribution is -2.39. The van der Waals surface area contributed by atoms with E-state index < -0.39 is 0 Å². The second-order valence-electron chi connectivity index (χ2n) is 7.60. The Hall–Kier alpha value is -1.92. The fourth-order valence-corrected chi connectivity index (χ4v) is 4.40. The van der Waals surface area contributed by atoms with Crippen LogP contribution in [0.15, 0.2) is 18.3 Å². The van der Waals surface area contributed by atoms with Crippen molar-refractivity contribution in [1.29, 1.82) is 0 Å². The van der Waals surface area contributed by atoms with E-state index in [2.05, 4.69) is 10.1 Å². The van der Waals surface area contributed by atoms with Gasteiger partial charge in [-0.25, -0.2) is 0 Å². The number of hydrogen-bond donors (Lipinski definition) is 0. The van der Waals surface area contributed by atoms with Gasteiger partial charge in [0.25, 0.3) is 5.91 Å². The SMILES string of the molecule is C[C@@H]1Cc2c(nn(C)c2C(=O)N2CCC(c3ccc(Cl)cn3)CC2)[C@H](C)O1. The van der Waals surface area contributed by atoms with Gasteiger partial charge < -0.3 is 9.64 Å². The third-order valence-corrected chi connectivity index (χ3v) is 5.87. The molecule has 2 atom stereocenters.